The van der Waals surface area contributed by atoms with Crippen molar-refractivity contribution in [3.63, 3.8) is 0 Å². The second-order valence-corrected chi connectivity index (χ2v) is 17.3. The molecule has 0 fully saturated rings. The Balaban J connectivity index is 4.61. The topological polar surface area (TPSA) is 195 Å². The molecule has 0 saturated carbocycles. The lowest BCUT2D eigenvalue weighted by Crippen LogP contribution is -2.30. The number of hydrogen-bond acceptors (Lipinski definition) is 10. The third-order valence-electron chi connectivity index (χ3n) is 8.76. The quantitative estimate of drug-likeness (QED) is 0.0196. The SMILES string of the molecule is CC/C=C\C/C=C\C/C=C\C/C=C\CCCCCCC(=O)OC[C@H](COP(=O)(O)OC[C@@H](O)COP(=O)(O)O)OC(=O)CCCCCC/C=C\C/C=C\C/C=C\CCCCC. The Labute approximate surface area is 367 Å². The van der Waals surface area contributed by atoms with Crippen molar-refractivity contribution in [1.29, 1.82) is 0 Å². The fourth-order valence-corrected chi connectivity index (χ4v) is 6.56. The number of phosphoric ester groups is 2. The summed E-state index contributed by atoms with van der Waals surface area (Å²) in [4.78, 5) is 52.7. The summed E-state index contributed by atoms with van der Waals surface area (Å²) in [7, 11) is -9.70. The first-order chi connectivity index (χ1) is 29.4. The van der Waals surface area contributed by atoms with Gasteiger partial charge in [0.05, 0.1) is 19.8 Å². The standard InChI is InChI=1S/C46H78O13P2/c1-3-5-7-9-11-13-15-17-19-21-23-25-27-29-31-33-35-37-45(48)55-41-44(42-58-61(53,54)57-40-43(47)39-56-60(50,51)52)59-46(49)38-36-34-32-30-28-26-24-22-20-18-16-14-12-10-8-6-4-2/h5,7,11-14,17-20,23-26,43-44,47H,3-4,6,8-10,15-16,21-22,27-42H2,1-2H3,(H,53,54)(H2,50,51,52)/b7-5-,13-11-,14-12-,19-17-,20-18-,25-23-,26-24-/t43-,44+/m0/s1. The number of allylic oxidation sites excluding steroid dienone is 14. The molecule has 0 spiro atoms. The Hall–Kier alpha value is -2.70. The molecule has 0 aliphatic heterocycles. The van der Waals surface area contributed by atoms with Crippen molar-refractivity contribution in [3.8, 4) is 0 Å². The van der Waals surface area contributed by atoms with Crippen LogP contribution in [-0.2, 0) is 41.8 Å². The molecule has 0 saturated heterocycles. The van der Waals surface area contributed by atoms with E-state index in [0.29, 0.717) is 12.8 Å². The molecule has 13 nitrogen and oxygen atoms in total. The minimum atomic E-state index is -4.87. The van der Waals surface area contributed by atoms with Gasteiger partial charge in [0.25, 0.3) is 0 Å². The fraction of sp³-hybridized carbons (Fsp3) is 0.652. The number of aliphatic hydroxyl groups excluding tert-OH is 1. The highest BCUT2D eigenvalue weighted by Gasteiger charge is 2.28. The van der Waals surface area contributed by atoms with Gasteiger partial charge in [-0.25, -0.2) is 9.13 Å². The monoisotopic (exact) mass is 900 g/mol. The maximum absolute atomic E-state index is 12.7. The highest BCUT2D eigenvalue weighted by Crippen LogP contribution is 2.43. The molecule has 3 atom stereocenters. The van der Waals surface area contributed by atoms with Crippen LogP contribution in [0.15, 0.2) is 85.1 Å². The van der Waals surface area contributed by atoms with E-state index < -0.39 is 66.2 Å². The van der Waals surface area contributed by atoms with Gasteiger partial charge >= 0.3 is 27.6 Å². The summed E-state index contributed by atoms with van der Waals surface area (Å²) in [6.45, 7) is 1.56. The van der Waals surface area contributed by atoms with E-state index >= 15 is 0 Å². The van der Waals surface area contributed by atoms with E-state index in [2.05, 4.69) is 108 Å². The molecule has 0 aromatic heterocycles. The molecular weight excluding hydrogens is 822 g/mol. The smallest absolute Gasteiger partial charge is 0.462 e. The van der Waals surface area contributed by atoms with Crippen LogP contribution in [0.1, 0.15) is 155 Å². The fourth-order valence-electron chi connectivity index (χ4n) is 5.40. The van der Waals surface area contributed by atoms with E-state index in [9.17, 15) is 28.7 Å². The second kappa shape index (κ2) is 41.3. The molecule has 15 heteroatoms. The summed E-state index contributed by atoms with van der Waals surface area (Å²) in [6.07, 6.45) is 47.1. The van der Waals surface area contributed by atoms with Gasteiger partial charge in [0.1, 0.15) is 12.7 Å². The van der Waals surface area contributed by atoms with E-state index in [1.54, 1.807) is 0 Å². The lowest BCUT2D eigenvalue weighted by molar-refractivity contribution is -0.161. The van der Waals surface area contributed by atoms with Gasteiger partial charge in [0.15, 0.2) is 6.10 Å². The highest BCUT2D eigenvalue weighted by molar-refractivity contribution is 7.47. The van der Waals surface area contributed by atoms with Crippen LogP contribution in [0, 0.1) is 0 Å². The number of rotatable bonds is 41. The molecular formula is C46H78O13P2. The van der Waals surface area contributed by atoms with Crippen molar-refractivity contribution in [2.24, 2.45) is 0 Å². The van der Waals surface area contributed by atoms with Gasteiger partial charge in [-0.3, -0.25) is 23.2 Å². The second-order valence-electron chi connectivity index (χ2n) is 14.6. The third-order valence-corrected chi connectivity index (χ3v) is 10.2. The van der Waals surface area contributed by atoms with Gasteiger partial charge in [0, 0.05) is 12.8 Å². The van der Waals surface area contributed by atoms with Crippen LogP contribution in [0.3, 0.4) is 0 Å². The predicted molar refractivity (Wildman–Crippen MR) is 243 cm³/mol. The lowest BCUT2D eigenvalue weighted by Gasteiger charge is -2.20. The van der Waals surface area contributed by atoms with Gasteiger partial charge in [0.2, 0.25) is 0 Å². The zero-order chi connectivity index (χ0) is 45.1. The molecule has 0 aliphatic rings. The number of hydrogen-bond donors (Lipinski definition) is 4. The molecule has 350 valence electrons. The van der Waals surface area contributed by atoms with Crippen molar-refractivity contribution < 1.29 is 61.6 Å². The van der Waals surface area contributed by atoms with Gasteiger partial charge in [-0.05, 0) is 89.9 Å². The van der Waals surface area contributed by atoms with E-state index in [0.717, 1.165) is 96.3 Å². The molecule has 0 rings (SSSR count). The molecule has 4 N–H and O–H groups in total. The van der Waals surface area contributed by atoms with Crippen LogP contribution < -0.4 is 0 Å². The van der Waals surface area contributed by atoms with Crippen LogP contribution in [-0.4, -0.2) is 70.4 Å². The molecule has 0 bridgehead atoms. The van der Waals surface area contributed by atoms with E-state index in [4.69, 9.17) is 23.8 Å². The number of carbonyl (C=O) groups excluding carboxylic acids is 2. The number of esters is 2. The van der Waals surface area contributed by atoms with Crippen LogP contribution in [0.25, 0.3) is 0 Å². The summed E-state index contributed by atoms with van der Waals surface area (Å²) < 4.78 is 47.8. The number of aliphatic hydroxyl groups is 1. The third kappa shape index (κ3) is 45.1. The Bertz CT molecular complexity index is 1400. The van der Waals surface area contributed by atoms with Crippen molar-refractivity contribution in [1.82, 2.24) is 0 Å². The normalized spacial score (nSPS) is 14.8. The zero-order valence-electron chi connectivity index (χ0n) is 37.0. The first-order valence-corrected chi connectivity index (χ1v) is 25.3. The molecule has 0 aromatic rings. The summed E-state index contributed by atoms with van der Waals surface area (Å²) in [6, 6.07) is 0. The minimum absolute atomic E-state index is 0.0953. The van der Waals surface area contributed by atoms with Crippen molar-refractivity contribution in [2.45, 2.75) is 167 Å². The van der Waals surface area contributed by atoms with Crippen LogP contribution >= 0.6 is 15.6 Å². The average Bonchev–Trinajstić information content (AvgIpc) is 3.22. The Morgan fingerprint density at radius 1 is 0.492 bits per heavy atom. The average molecular weight is 901 g/mol. The Morgan fingerprint density at radius 3 is 1.38 bits per heavy atom. The van der Waals surface area contributed by atoms with Crippen LogP contribution in [0.5, 0.6) is 0 Å². The van der Waals surface area contributed by atoms with Crippen molar-refractivity contribution in [3.05, 3.63) is 85.1 Å². The van der Waals surface area contributed by atoms with Gasteiger partial charge in [-0.15, -0.1) is 0 Å². The highest BCUT2D eigenvalue weighted by atomic mass is 31.2. The molecule has 61 heavy (non-hydrogen) atoms. The van der Waals surface area contributed by atoms with E-state index in [1.165, 1.54) is 19.3 Å². The van der Waals surface area contributed by atoms with Gasteiger partial charge in [-0.2, -0.15) is 0 Å². The summed E-state index contributed by atoms with van der Waals surface area (Å²) in [5, 5.41) is 9.75. The molecule has 0 amide bonds. The van der Waals surface area contributed by atoms with Crippen LogP contribution in [0.2, 0.25) is 0 Å². The Morgan fingerprint density at radius 2 is 0.902 bits per heavy atom. The minimum Gasteiger partial charge on any atom is -0.462 e. The van der Waals surface area contributed by atoms with Crippen molar-refractivity contribution in [2.75, 3.05) is 26.4 Å². The molecule has 0 aromatic carbocycles. The first kappa shape index (κ1) is 58.3. The zero-order valence-corrected chi connectivity index (χ0v) is 38.8. The number of carbonyl (C=O) groups is 2. The molecule has 0 aliphatic carbocycles. The molecule has 1 unspecified atom stereocenters. The maximum atomic E-state index is 12.7. The number of phosphoric acid groups is 2. The first-order valence-electron chi connectivity index (χ1n) is 22.3. The lowest BCUT2D eigenvalue weighted by atomic mass is 10.1. The van der Waals surface area contributed by atoms with E-state index in [-0.39, 0.29) is 12.8 Å². The number of ether oxygens (including phenoxy) is 2. The maximum Gasteiger partial charge on any atom is 0.472 e. The summed E-state index contributed by atoms with van der Waals surface area (Å²) >= 11 is 0. The Kier molecular flexibility index (Phi) is 39.5. The van der Waals surface area contributed by atoms with Gasteiger partial charge < -0.3 is 29.3 Å². The van der Waals surface area contributed by atoms with Crippen molar-refractivity contribution >= 4 is 27.6 Å². The summed E-state index contributed by atoms with van der Waals surface area (Å²) in [5.41, 5.74) is 0. The largest absolute Gasteiger partial charge is 0.472 e. The van der Waals surface area contributed by atoms with Crippen LogP contribution in [0.4, 0.5) is 0 Å². The molecule has 0 radical (unpaired) electrons. The predicted octanol–water partition coefficient (Wildman–Crippen LogP) is 11.6. The van der Waals surface area contributed by atoms with E-state index in [1.807, 2.05) is 0 Å². The molecule has 0 heterocycles. The van der Waals surface area contributed by atoms with Gasteiger partial charge in [-0.1, -0.05) is 137 Å². The number of unbranched alkanes of at least 4 members (excludes halogenated alkanes) is 11. The summed E-state index contributed by atoms with van der Waals surface area (Å²) in [5.74, 6) is -1.09.